The molecule has 0 saturated carbocycles. The van der Waals surface area contributed by atoms with Crippen molar-refractivity contribution in [3.8, 4) is 11.3 Å². The summed E-state index contributed by atoms with van der Waals surface area (Å²) < 4.78 is 28.5. The summed E-state index contributed by atoms with van der Waals surface area (Å²) >= 11 is 0. The molecule has 144 valence electrons. The summed E-state index contributed by atoms with van der Waals surface area (Å²) in [4.78, 5) is 22.2. The van der Waals surface area contributed by atoms with Crippen LogP contribution in [0.15, 0.2) is 43.1 Å². The van der Waals surface area contributed by atoms with Crippen LogP contribution in [0.1, 0.15) is 23.2 Å². The van der Waals surface area contributed by atoms with Crippen molar-refractivity contribution in [3.63, 3.8) is 0 Å². The van der Waals surface area contributed by atoms with Crippen LogP contribution in [0, 0.1) is 17.6 Å². The Morgan fingerprint density at radius 3 is 2.64 bits per heavy atom. The van der Waals surface area contributed by atoms with E-state index in [-0.39, 0.29) is 11.8 Å². The number of carbonyl (C=O) groups is 1. The van der Waals surface area contributed by atoms with E-state index in [0.29, 0.717) is 36.5 Å². The lowest BCUT2D eigenvalue weighted by Gasteiger charge is -2.32. The Balaban J connectivity index is 1.43. The van der Waals surface area contributed by atoms with Gasteiger partial charge in [-0.2, -0.15) is 0 Å². The number of amides is 1. The minimum atomic E-state index is -0.657. The predicted octanol–water partition coefficient (Wildman–Crippen LogP) is 2.57. The molecule has 1 amide bonds. The number of carbonyl (C=O) groups excluding carboxylic acids is 1. The highest BCUT2D eigenvalue weighted by molar-refractivity contribution is 5.93. The van der Waals surface area contributed by atoms with Gasteiger partial charge in [0.05, 0.1) is 11.8 Å². The number of aromatic nitrogens is 5. The van der Waals surface area contributed by atoms with E-state index in [1.807, 2.05) is 0 Å². The van der Waals surface area contributed by atoms with Crippen molar-refractivity contribution >= 4 is 5.91 Å². The Labute approximate surface area is 160 Å². The third-order valence-electron chi connectivity index (χ3n) is 4.76. The summed E-state index contributed by atoms with van der Waals surface area (Å²) in [5, 5.41) is 8.09. The molecule has 1 unspecified atom stereocenters. The molecular weight excluding hydrogens is 366 g/mol. The van der Waals surface area contributed by atoms with Crippen molar-refractivity contribution < 1.29 is 13.6 Å². The average Bonchev–Trinajstić information content (AvgIpc) is 3.16. The van der Waals surface area contributed by atoms with Gasteiger partial charge in [0.2, 0.25) is 0 Å². The summed E-state index contributed by atoms with van der Waals surface area (Å²) in [6.45, 7) is 1.85. The van der Waals surface area contributed by atoms with Gasteiger partial charge in [-0.3, -0.25) is 9.48 Å². The summed E-state index contributed by atoms with van der Waals surface area (Å²) in [7, 11) is 0. The van der Waals surface area contributed by atoms with E-state index in [2.05, 4.69) is 20.3 Å². The first-order chi connectivity index (χ1) is 13.6. The lowest BCUT2D eigenvalue weighted by molar-refractivity contribution is 0.0658. The van der Waals surface area contributed by atoms with Gasteiger partial charge in [-0.05, 0) is 30.9 Å². The monoisotopic (exact) mass is 384 g/mol. The highest BCUT2D eigenvalue weighted by atomic mass is 19.1. The Hall–Kier alpha value is -3.23. The quantitative estimate of drug-likeness (QED) is 0.691. The molecule has 4 rings (SSSR count). The second kappa shape index (κ2) is 7.79. The van der Waals surface area contributed by atoms with E-state index >= 15 is 0 Å². The Morgan fingerprint density at radius 2 is 1.89 bits per heavy atom. The number of halogens is 2. The van der Waals surface area contributed by atoms with Crippen molar-refractivity contribution in [2.45, 2.75) is 19.4 Å². The molecule has 1 atom stereocenters. The summed E-state index contributed by atoms with van der Waals surface area (Å²) in [5.74, 6) is -1.19. The molecule has 9 heteroatoms. The first-order valence-electron chi connectivity index (χ1n) is 8.99. The van der Waals surface area contributed by atoms with Gasteiger partial charge in [-0.1, -0.05) is 5.21 Å². The Kier molecular flexibility index (Phi) is 5.05. The minimum Gasteiger partial charge on any atom is -0.338 e. The second-order valence-electron chi connectivity index (χ2n) is 6.87. The molecule has 0 radical (unpaired) electrons. The van der Waals surface area contributed by atoms with Gasteiger partial charge in [0.25, 0.3) is 5.91 Å². The third-order valence-corrected chi connectivity index (χ3v) is 4.76. The fourth-order valence-electron chi connectivity index (χ4n) is 3.48. The van der Waals surface area contributed by atoms with Crippen molar-refractivity contribution in [2.24, 2.45) is 5.92 Å². The van der Waals surface area contributed by atoms with Gasteiger partial charge >= 0.3 is 0 Å². The molecule has 1 aliphatic heterocycles. The van der Waals surface area contributed by atoms with E-state index in [1.54, 1.807) is 15.8 Å². The average molecular weight is 384 g/mol. The molecule has 1 aliphatic rings. The Morgan fingerprint density at radius 1 is 1.14 bits per heavy atom. The molecule has 1 fully saturated rings. The highest BCUT2D eigenvalue weighted by Crippen LogP contribution is 2.22. The van der Waals surface area contributed by atoms with E-state index in [0.717, 1.165) is 18.9 Å². The maximum absolute atomic E-state index is 13.4. The van der Waals surface area contributed by atoms with E-state index in [4.69, 9.17) is 0 Å². The molecule has 0 aliphatic carbocycles. The molecule has 0 bridgehead atoms. The zero-order valence-electron chi connectivity index (χ0n) is 15.0. The van der Waals surface area contributed by atoms with Gasteiger partial charge < -0.3 is 4.90 Å². The summed E-state index contributed by atoms with van der Waals surface area (Å²) in [5.41, 5.74) is 1.22. The number of rotatable bonds is 4. The fourth-order valence-corrected chi connectivity index (χ4v) is 3.48. The van der Waals surface area contributed by atoms with Crippen molar-refractivity contribution in [2.75, 3.05) is 13.1 Å². The molecule has 3 heterocycles. The van der Waals surface area contributed by atoms with Crippen LogP contribution in [0.2, 0.25) is 0 Å². The van der Waals surface area contributed by atoms with Crippen LogP contribution >= 0.6 is 0 Å². The zero-order valence-corrected chi connectivity index (χ0v) is 15.0. The second-order valence-corrected chi connectivity index (χ2v) is 6.87. The minimum absolute atomic E-state index is 0.0835. The van der Waals surface area contributed by atoms with Crippen molar-refractivity contribution in [3.05, 3.63) is 60.3 Å². The molecule has 1 saturated heterocycles. The lowest BCUT2D eigenvalue weighted by Crippen LogP contribution is -2.41. The number of hydrogen-bond acceptors (Lipinski definition) is 5. The topological polar surface area (TPSA) is 76.8 Å². The van der Waals surface area contributed by atoms with E-state index in [9.17, 15) is 13.6 Å². The molecule has 1 aromatic carbocycles. The summed E-state index contributed by atoms with van der Waals surface area (Å²) in [6.07, 6.45) is 7.93. The molecule has 0 spiro atoms. The van der Waals surface area contributed by atoms with Gasteiger partial charge in [0.15, 0.2) is 0 Å². The molecule has 7 nitrogen and oxygen atoms in total. The van der Waals surface area contributed by atoms with Gasteiger partial charge in [-0.15, -0.1) is 5.10 Å². The lowest BCUT2D eigenvalue weighted by atomic mass is 9.97. The molecular formula is C19H18F2N6O. The number of piperidine rings is 1. The van der Waals surface area contributed by atoms with Crippen LogP contribution in [-0.2, 0) is 6.54 Å². The molecule has 2 aromatic heterocycles. The van der Waals surface area contributed by atoms with Gasteiger partial charge in [0, 0.05) is 43.7 Å². The fraction of sp³-hybridized carbons (Fsp3) is 0.316. The normalized spacial score (nSPS) is 16.9. The number of likely N-dealkylation sites (tertiary alicyclic amines) is 1. The van der Waals surface area contributed by atoms with Crippen LogP contribution < -0.4 is 0 Å². The highest BCUT2D eigenvalue weighted by Gasteiger charge is 2.25. The molecule has 28 heavy (non-hydrogen) atoms. The van der Waals surface area contributed by atoms with E-state index in [1.165, 1.54) is 30.9 Å². The SMILES string of the molecule is O=C(c1cncnc1)N1CCCC(Cn2cc(-c3cc(F)cc(F)c3)nn2)C1. The summed E-state index contributed by atoms with van der Waals surface area (Å²) in [6, 6.07) is 3.26. The zero-order chi connectivity index (χ0) is 19.5. The number of nitrogens with zero attached hydrogens (tertiary/aromatic N) is 6. The number of benzene rings is 1. The first-order valence-corrected chi connectivity index (χ1v) is 8.99. The largest absolute Gasteiger partial charge is 0.338 e. The van der Waals surface area contributed by atoms with Crippen LogP contribution in [-0.4, -0.2) is 48.9 Å². The van der Waals surface area contributed by atoms with Gasteiger partial charge in [-0.25, -0.2) is 18.7 Å². The van der Waals surface area contributed by atoms with Gasteiger partial charge in [0.1, 0.15) is 23.7 Å². The smallest absolute Gasteiger partial charge is 0.257 e. The van der Waals surface area contributed by atoms with Crippen LogP contribution in [0.3, 0.4) is 0 Å². The standard InChI is InChI=1S/C19H18F2N6O/c20-16-4-14(5-17(21)6-16)18-11-27(25-24-18)10-13-2-1-3-26(9-13)19(28)15-7-22-12-23-8-15/h4-8,11-13H,1-3,9-10H2. The molecule has 0 N–H and O–H groups in total. The molecule has 3 aromatic rings. The third kappa shape index (κ3) is 4.03. The maximum atomic E-state index is 13.4. The Bertz CT molecular complexity index is 957. The van der Waals surface area contributed by atoms with E-state index < -0.39 is 11.6 Å². The first kappa shape index (κ1) is 18.1. The van der Waals surface area contributed by atoms with Crippen LogP contribution in [0.5, 0.6) is 0 Å². The maximum Gasteiger partial charge on any atom is 0.257 e. The van der Waals surface area contributed by atoms with Crippen molar-refractivity contribution in [1.82, 2.24) is 29.9 Å². The van der Waals surface area contributed by atoms with Crippen LogP contribution in [0.4, 0.5) is 8.78 Å². The predicted molar refractivity (Wildman–Crippen MR) is 96.0 cm³/mol. The van der Waals surface area contributed by atoms with Crippen LogP contribution in [0.25, 0.3) is 11.3 Å². The van der Waals surface area contributed by atoms with Crippen molar-refractivity contribution in [1.29, 1.82) is 0 Å². The number of hydrogen-bond donors (Lipinski definition) is 0.